The van der Waals surface area contributed by atoms with E-state index in [1.54, 1.807) is 0 Å². The van der Waals surface area contributed by atoms with Crippen LogP contribution in [0.3, 0.4) is 0 Å². The maximum Gasteiger partial charge on any atom is 0.318 e. The summed E-state index contributed by atoms with van der Waals surface area (Å²) in [6, 6.07) is 8.21. The quantitative estimate of drug-likeness (QED) is 0.896. The van der Waals surface area contributed by atoms with Gasteiger partial charge in [0.2, 0.25) is 0 Å². The van der Waals surface area contributed by atoms with E-state index in [9.17, 15) is 4.79 Å². The Morgan fingerprint density at radius 3 is 2.94 bits per heavy atom. The van der Waals surface area contributed by atoms with Crippen LogP contribution in [0.1, 0.15) is 24.9 Å². The van der Waals surface area contributed by atoms with Crippen molar-refractivity contribution in [3.63, 3.8) is 0 Å². The van der Waals surface area contributed by atoms with Crippen molar-refractivity contribution in [2.75, 3.05) is 13.1 Å². The van der Waals surface area contributed by atoms with Gasteiger partial charge in [0.25, 0.3) is 0 Å². The molecule has 1 saturated heterocycles. The van der Waals surface area contributed by atoms with Gasteiger partial charge in [-0.15, -0.1) is 0 Å². The van der Waals surface area contributed by atoms with E-state index in [4.69, 9.17) is 5.73 Å². The van der Waals surface area contributed by atoms with Crippen LogP contribution in [-0.2, 0) is 0 Å². The predicted octanol–water partition coefficient (Wildman–Crippen LogP) is 2.25. The van der Waals surface area contributed by atoms with Crippen molar-refractivity contribution in [2.24, 2.45) is 5.73 Å². The number of carbonyl (C=O) groups excluding carboxylic acids is 1. The average molecular weight is 312 g/mol. The van der Waals surface area contributed by atoms with Gasteiger partial charge in [0.05, 0.1) is 6.04 Å². The fourth-order valence-corrected chi connectivity index (χ4v) is 2.83. The highest BCUT2D eigenvalue weighted by Crippen LogP contribution is 2.28. The van der Waals surface area contributed by atoms with Crippen LogP contribution in [0.4, 0.5) is 4.79 Å². The molecule has 0 aromatic heterocycles. The molecule has 5 heteroatoms. The molecule has 2 atom stereocenters. The topological polar surface area (TPSA) is 58.4 Å². The van der Waals surface area contributed by atoms with E-state index in [0.717, 1.165) is 16.5 Å². The Bertz CT molecular complexity index is 438. The monoisotopic (exact) mass is 311 g/mol. The van der Waals surface area contributed by atoms with Crippen LogP contribution in [0.25, 0.3) is 0 Å². The molecule has 0 aliphatic carbocycles. The third-order valence-corrected chi connectivity index (χ3v) is 4.06. The lowest BCUT2D eigenvalue weighted by Crippen LogP contribution is -2.37. The molecule has 18 heavy (non-hydrogen) atoms. The van der Waals surface area contributed by atoms with Crippen molar-refractivity contribution in [1.29, 1.82) is 0 Å². The molecule has 0 radical (unpaired) electrons. The molecule has 1 aromatic carbocycles. The molecule has 3 N–H and O–H groups in total. The normalized spacial score (nSPS) is 20.9. The average Bonchev–Trinajstić information content (AvgIpc) is 2.72. The first kappa shape index (κ1) is 13.4. The minimum absolute atomic E-state index is 0.00305. The zero-order chi connectivity index (χ0) is 13.1. The van der Waals surface area contributed by atoms with Crippen LogP contribution in [0, 0.1) is 0 Å². The van der Waals surface area contributed by atoms with Crippen molar-refractivity contribution < 1.29 is 4.79 Å². The molecule has 4 nitrogen and oxygen atoms in total. The first-order chi connectivity index (χ1) is 8.63. The van der Waals surface area contributed by atoms with E-state index < -0.39 is 0 Å². The Morgan fingerprint density at radius 2 is 2.28 bits per heavy atom. The van der Waals surface area contributed by atoms with Crippen molar-refractivity contribution >= 4 is 22.0 Å². The molecule has 0 saturated carbocycles. The van der Waals surface area contributed by atoms with Crippen LogP contribution < -0.4 is 11.1 Å². The third kappa shape index (κ3) is 2.67. The van der Waals surface area contributed by atoms with Gasteiger partial charge in [0.15, 0.2) is 0 Å². The largest absolute Gasteiger partial charge is 0.330 e. The summed E-state index contributed by atoms with van der Waals surface area (Å²) in [7, 11) is 0. The second kappa shape index (κ2) is 5.71. The number of amides is 2. The number of rotatable bonds is 4. The van der Waals surface area contributed by atoms with E-state index in [-0.39, 0.29) is 18.1 Å². The number of carbonyl (C=O) groups is 1. The molecule has 0 bridgehead atoms. The Balaban J connectivity index is 2.11. The van der Waals surface area contributed by atoms with Crippen LogP contribution in [-0.4, -0.2) is 30.1 Å². The third-order valence-electron chi connectivity index (χ3n) is 3.33. The zero-order valence-electron chi connectivity index (χ0n) is 10.4. The van der Waals surface area contributed by atoms with Crippen molar-refractivity contribution in [3.05, 3.63) is 34.3 Å². The van der Waals surface area contributed by atoms with Crippen LogP contribution in [0.5, 0.6) is 0 Å². The lowest BCUT2D eigenvalue weighted by molar-refractivity contribution is 0.199. The van der Waals surface area contributed by atoms with Gasteiger partial charge in [0.1, 0.15) is 0 Å². The molecule has 2 amide bonds. The summed E-state index contributed by atoms with van der Waals surface area (Å²) in [5.74, 6) is 0. The zero-order valence-corrected chi connectivity index (χ0v) is 12.0. The van der Waals surface area contributed by atoms with E-state index >= 15 is 0 Å². The van der Waals surface area contributed by atoms with Gasteiger partial charge >= 0.3 is 6.03 Å². The van der Waals surface area contributed by atoms with E-state index in [2.05, 4.69) is 21.2 Å². The van der Waals surface area contributed by atoms with Crippen LogP contribution >= 0.6 is 15.9 Å². The minimum Gasteiger partial charge on any atom is -0.330 e. The molecule has 1 fully saturated rings. The summed E-state index contributed by atoms with van der Waals surface area (Å²) >= 11 is 3.52. The van der Waals surface area contributed by atoms with Crippen molar-refractivity contribution in [1.82, 2.24) is 10.2 Å². The first-order valence-corrected chi connectivity index (χ1v) is 6.94. The molecule has 2 rings (SSSR count). The summed E-state index contributed by atoms with van der Waals surface area (Å²) in [4.78, 5) is 13.8. The number of urea groups is 1. The highest BCUT2D eigenvalue weighted by atomic mass is 79.9. The summed E-state index contributed by atoms with van der Waals surface area (Å²) in [5.41, 5.74) is 6.67. The maximum absolute atomic E-state index is 11.9. The molecule has 98 valence electrons. The second-order valence-corrected chi connectivity index (χ2v) is 5.46. The van der Waals surface area contributed by atoms with E-state index in [1.165, 1.54) is 0 Å². The van der Waals surface area contributed by atoms with Gasteiger partial charge in [-0.05, 0) is 31.5 Å². The van der Waals surface area contributed by atoms with E-state index in [0.29, 0.717) is 13.1 Å². The van der Waals surface area contributed by atoms with Gasteiger partial charge < -0.3 is 16.0 Å². The van der Waals surface area contributed by atoms with Gasteiger partial charge in [-0.1, -0.05) is 34.1 Å². The molecule has 2 unspecified atom stereocenters. The Morgan fingerprint density at radius 1 is 1.56 bits per heavy atom. The van der Waals surface area contributed by atoms with Crippen LogP contribution in [0.15, 0.2) is 28.7 Å². The Hall–Kier alpha value is -1.07. The smallest absolute Gasteiger partial charge is 0.318 e. The summed E-state index contributed by atoms with van der Waals surface area (Å²) in [5, 5.41) is 3.02. The number of nitrogens with zero attached hydrogens (tertiary/aromatic N) is 1. The number of hydrogen-bond acceptors (Lipinski definition) is 2. The molecule has 1 aliphatic rings. The number of hydrogen-bond donors (Lipinski definition) is 2. The van der Waals surface area contributed by atoms with Gasteiger partial charge in [-0.3, -0.25) is 0 Å². The second-order valence-electron chi connectivity index (χ2n) is 4.60. The van der Waals surface area contributed by atoms with E-state index in [1.807, 2.05) is 36.1 Å². The van der Waals surface area contributed by atoms with Gasteiger partial charge in [0, 0.05) is 17.1 Å². The van der Waals surface area contributed by atoms with Crippen molar-refractivity contribution in [2.45, 2.75) is 25.4 Å². The van der Waals surface area contributed by atoms with Crippen LogP contribution in [0.2, 0.25) is 0 Å². The molecule has 1 aromatic rings. The SMILES string of the molecule is CC(CCN)N1CC(c2ccccc2Br)NC1=O. The van der Waals surface area contributed by atoms with Gasteiger partial charge in [-0.25, -0.2) is 4.79 Å². The number of halogens is 1. The summed E-state index contributed by atoms with van der Waals surface area (Å²) in [6.45, 7) is 3.34. The minimum atomic E-state index is -0.00305. The van der Waals surface area contributed by atoms with Gasteiger partial charge in [-0.2, -0.15) is 0 Å². The summed E-state index contributed by atoms with van der Waals surface area (Å²) < 4.78 is 1.03. The highest BCUT2D eigenvalue weighted by Gasteiger charge is 2.33. The summed E-state index contributed by atoms with van der Waals surface area (Å²) in [6.07, 6.45) is 0.829. The Labute approximate surface area is 116 Å². The molecular formula is C13H18BrN3O. The Kier molecular flexibility index (Phi) is 4.24. The predicted molar refractivity (Wildman–Crippen MR) is 75.3 cm³/mol. The first-order valence-electron chi connectivity index (χ1n) is 6.15. The number of nitrogens with two attached hydrogens (primary N) is 1. The molecule has 1 aliphatic heterocycles. The lowest BCUT2D eigenvalue weighted by Gasteiger charge is -2.22. The van der Waals surface area contributed by atoms with Crippen molar-refractivity contribution in [3.8, 4) is 0 Å². The number of nitrogens with one attached hydrogen (secondary N) is 1. The standard InChI is InChI=1S/C13H18BrN3O/c1-9(6-7-15)17-8-12(16-13(17)18)10-4-2-3-5-11(10)14/h2-5,9,12H,6-8,15H2,1H3,(H,16,18). The number of benzene rings is 1. The molecule has 1 heterocycles. The molecule has 0 spiro atoms. The fourth-order valence-electron chi connectivity index (χ4n) is 2.27. The maximum atomic E-state index is 11.9. The molecular weight excluding hydrogens is 294 g/mol. The highest BCUT2D eigenvalue weighted by molar-refractivity contribution is 9.10. The lowest BCUT2D eigenvalue weighted by atomic mass is 10.1. The fraction of sp³-hybridized carbons (Fsp3) is 0.462.